The molecule has 0 bridgehead atoms. The summed E-state index contributed by atoms with van der Waals surface area (Å²) < 4.78 is 30.2. The second kappa shape index (κ2) is 6.68. The van der Waals surface area contributed by atoms with Crippen LogP contribution in [0, 0.1) is 13.8 Å². The van der Waals surface area contributed by atoms with E-state index in [2.05, 4.69) is 17.1 Å². The van der Waals surface area contributed by atoms with Gasteiger partial charge in [-0.2, -0.15) is 8.42 Å². The zero-order valence-electron chi connectivity index (χ0n) is 12.4. The van der Waals surface area contributed by atoms with Crippen LogP contribution in [0.2, 0.25) is 0 Å². The van der Waals surface area contributed by atoms with Crippen molar-refractivity contribution in [1.82, 2.24) is 4.98 Å². The Bertz CT molecular complexity index is 824. The van der Waals surface area contributed by atoms with Gasteiger partial charge in [-0.1, -0.05) is 42.0 Å². The van der Waals surface area contributed by atoms with Gasteiger partial charge in [0, 0.05) is 11.6 Å². The average Bonchev–Trinajstić information content (AvgIpc) is 2.46. The molecular weight excluding hydrogens is 298 g/mol. The molecule has 2 aromatic carbocycles. The van der Waals surface area contributed by atoms with Crippen molar-refractivity contribution in [2.75, 3.05) is 0 Å². The van der Waals surface area contributed by atoms with Crippen molar-refractivity contribution in [1.29, 1.82) is 0 Å². The minimum Gasteiger partial charge on any atom is -0.282 e. The summed E-state index contributed by atoms with van der Waals surface area (Å²) in [6, 6.07) is 16.8. The maximum absolute atomic E-state index is 10.7. The lowest BCUT2D eigenvalue weighted by atomic mass is 10.2. The Hall–Kier alpha value is -2.24. The fourth-order valence-corrected chi connectivity index (χ4v) is 2.81. The van der Waals surface area contributed by atoms with Gasteiger partial charge in [0.05, 0.1) is 10.4 Å². The standard InChI is InChI=1S/C9H7N.C8H10O3S/c1-2-6-9-8(4-1)5-3-7-10-9;1-6-3-4-8(7(2)5-6)12(9,10)11/h1-7H;3-5H,1-2H3,(H,9,10,11). The molecule has 1 N–H and O–H groups in total. The molecule has 1 heterocycles. The molecule has 22 heavy (non-hydrogen) atoms. The number of aryl methyl sites for hydroxylation is 2. The SMILES string of the molecule is Cc1ccc(S(=O)(=O)O)c(C)c1.c1ccc2ncccc2c1. The van der Waals surface area contributed by atoms with Crippen molar-refractivity contribution in [3.63, 3.8) is 0 Å². The number of fused-ring (bicyclic) bond motifs is 1. The Balaban J connectivity index is 0.000000162. The van der Waals surface area contributed by atoms with Crippen LogP contribution in [0.3, 0.4) is 0 Å². The van der Waals surface area contributed by atoms with Crippen LogP contribution in [0.5, 0.6) is 0 Å². The molecule has 0 aliphatic heterocycles. The first-order valence-electron chi connectivity index (χ1n) is 6.72. The number of aromatic nitrogens is 1. The molecule has 0 radical (unpaired) electrons. The predicted octanol–water partition coefficient (Wildman–Crippen LogP) is 3.78. The van der Waals surface area contributed by atoms with Gasteiger partial charge in [-0.15, -0.1) is 0 Å². The number of nitrogens with zero attached hydrogens (tertiary/aromatic N) is 1. The Kier molecular flexibility index (Phi) is 4.90. The third-order valence-electron chi connectivity index (χ3n) is 3.12. The lowest BCUT2D eigenvalue weighted by molar-refractivity contribution is 0.482. The topological polar surface area (TPSA) is 67.3 Å². The van der Waals surface area contributed by atoms with E-state index in [0.29, 0.717) is 5.56 Å². The second-order valence-corrected chi connectivity index (χ2v) is 6.33. The highest BCUT2D eigenvalue weighted by atomic mass is 32.2. The maximum atomic E-state index is 10.7. The van der Waals surface area contributed by atoms with Crippen LogP contribution >= 0.6 is 0 Å². The molecule has 0 saturated carbocycles. The highest BCUT2D eigenvalue weighted by molar-refractivity contribution is 7.85. The highest BCUT2D eigenvalue weighted by Gasteiger charge is 2.11. The largest absolute Gasteiger partial charge is 0.294 e. The van der Waals surface area contributed by atoms with Crippen LogP contribution in [-0.4, -0.2) is 18.0 Å². The maximum Gasteiger partial charge on any atom is 0.294 e. The highest BCUT2D eigenvalue weighted by Crippen LogP contribution is 2.15. The van der Waals surface area contributed by atoms with E-state index in [1.165, 1.54) is 11.5 Å². The molecular formula is C17H17NO3S. The Morgan fingerprint density at radius 3 is 2.27 bits per heavy atom. The Labute approximate surface area is 130 Å². The molecule has 0 aliphatic rings. The number of hydrogen-bond acceptors (Lipinski definition) is 3. The van der Waals surface area contributed by atoms with Gasteiger partial charge in [-0.25, -0.2) is 0 Å². The van der Waals surface area contributed by atoms with Gasteiger partial charge in [0.25, 0.3) is 10.1 Å². The van der Waals surface area contributed by atoms with Crippen molar-refractivity contribution in [3.05, 3.63) is 71.9 Å². The molecule has 3 aromatic rings. The van der Waals surface area contributed by atoms with Crippen molar-refractivity contribution < 1.29 is 13.0 Å². The minimum atomic E-state index is -4.05. The fraction of sp³-hybridized carbons (Fsp3) is 0.118. The summed E-state index contributed by atoms with van der Waals surface area (Å²) in [6.45, 7) is 3.51. The Morgan fingerprint density at radius 1 is 0.955 bits per heavy atom. The van der Waals surface area contributed by atoms with Gasteiger partial charge in [0.15, 0.2) is 0 Å². The smallest absolute Gasteiger partial charge is 0.282 e. The predicted molar refractivity (Wildman–Crippen MR) is 87.5 cm³/mol. The molecule has 0 aliphatic carbocycles. The van der Waals surface area contributed by atoms with E-state index in [9.17, 15) is 8.42 Å². The van der Waals surface area contributed by atoms with E-state index < -0.39 is 10.1 Å². The van der Waals surface area contributed by atoms with Crippen molar-refractivity contribution in [2.45, 2.75) is 18.7 Å². The molecule has 0 spiro atoms. The normalized spacial score (nSPS) is 10.9. The quantitative estimate of drug-likeness (QED) is 0.694. The molecule has 3 rings (SSSR count). The summed E-state index contributed by atoms with van der Waals surface area (Å²) in [5.41, 5.74) is 2.60. The van der Waals surface area contributed by atoms with Crippen LogP contribution in [0.1, 0.15) is 11.1 Å². The zero-order chi connectivity index (χ0) is 16.2. The van der Waals surface area contributed by atoms with Crippen molar-refractivity contribution in [3.8, 4) is 0 Å². The van der Waals surface area contributed by atoms with E-state index in [4.69, 9.17) is 4.55 Å². The molecule has 0 saturated heterocycles. The number of rotatable bonds is 1. The Morgan fingerprint density at radius 2 is 1.64 bits per heavy atom. The monoisotopic (exact) mass is 315 g/mol. The van der Waals surface area contributed by atoms with Crippen molar-refractivity contribution in [2.24, 2.45) is 0 Å². The van der Waals surface area contributed by atoms with Gasteiger partial charge in [0.2, 0.25) is 0 Å². The molecule has 1 aromatic heterocycles. The summed E-state index contributed by atoms with van der Waals surface area (Å²) >= 11 is 0. The lowest BCUT2D eigenvalue weighted by Crippen LogP contribution is -2.00. The second-order valence-electron chi connectivity index (χ2n) is 4.94. The van der Waals surface area contributed by atoms with Crippen LogP contribution in [0.15, 0.2) is 65.7 Å². The first-order chi connectivity index (χ1) is 10.4. The number of benzene rings is 2. The summed E-state index contributed by atoms with van der Waals surface area (Å²) in [6.07, 6.45) is 1.81. The first-order valence-corrected chi connectivity index (χ1v) is 8.16. The summed E-state index contributed by atoms with van der Waals surface area (Å²) in [4.78, 5) is 4.16. The van der Waals surface area contributed by atoms with Gasteiger partial charge >= 0.3 is 0 Å². The zero-order valence-corrected chi connectivity index (χ0v) is 13.2. The molecule has 0 atom stereocenters. The van der Waals surface area contributed by atoms with Gasteiger partial charge in [-0.05, 0) is 37.6 Å². The molecule has 4 nitrogen and oxygen atoms in total. The van der Waals surface area contributed by atoms with Crippen molar-refractivity contribution >= 4 is 21.0 Å². The van der Waals surface area contributed by atoms with E-state index in [0.717, 1.165) is 11.1 Å². The van der Waals surface area contributed by atoms with Crippen LogP contribution in [-0.2, 0) is 10.1 Å². The van der Waals surface area contributed by atoms with E-state index in [-0.39, 0.29) is 4.90 Å². The summed E-state index contributed by atoms with van der Waals surface area (Å²) in [5, 5.41) is 1.20. The number of para-hydroxylation sites is 1. The van der Waals surface area contributed by atoms with E-state index in [1.807, 2.05) is 37.4 Å². The lowest BCUT2D eigenvalue weighted by Gasteiger charge is -2.02. The van der Waals surface area contributed by atoms with E-state index >= 15 is 0 Å². The molecule has 5 heteroatoms. The average molecular weight is 315 g/mol. The van der Waals surface area contributed by atoms with Crippen LogP contribution < -0.4 is 0 Å². The van der Waals surface area contributed by atoms with E-state index in [1.54, 1.807) is 19.1 Å². The van der Waals surface area contributed by atoms with Gasteiger partial charge < -0.3 is 0 Å². The van der Waals surface area contributed by atoms with Gasteiger partial charge in [-0.3, -0.25) is 9.54 Å². The number of pyridine rings is 1. The fourth-order valence-electron chi connectivity index (χ4n) is 2.10. The molecule has 0 amide bonds. The molecule has 0 unspecified atom stereocenters. The van der Waals surface area contributed by atoms with Crippen LogP contribution in [0.4, 0.5) is 0 Å². The number of hydrogen-bond donors (Lipinski definition) is 1. The van der Waals surface area contributed by atoms with Gasteiger partial charge in [0.1, 0.15) is 0 Å². The third kappa shape index (κ3) is 4.13. The molecule has 0 fully saturated rings. The molecule has 114 valence electrons. The van der Waals surface area contributed by atoms with Crippen LogP contribution in [0.25, 0.3) is 10.9 Å². The first kappa shape index (κ1) is 16.1. The summed E-state index contributed by atoms with van der Waals surface area (Å²) in [7, 11) is -4.05. The minimum absolute atomic E-state index is 0.0203. The summed E-state index contributed by atoms with van der Waals surface area (Å²) in [5.74, 6) is 0. The third-order valence-corrected chi connectivity index (χ3v) is 4.13.